The number of hydrogen-bond donors (Lipinski definition) is 0. The van der Waals surface area contributed by atoms with Crippen LogP contribution < -0.4 is 0 Å². The highest BCUT2D eigenvalue weighted by atomic mass is 16.3. The van der Waals surface area contributed by atoms with Crippen LogP contribution in [0.1, 0.15) is 12.2 Å². The summed E-state index contributed by atoms with van der Waals surface area (Å²) >= 11 is 0. The topological polar surface area (TPSA) is 121 Å². The number of nitroso groups, excluding NO2 is 2. The average molecular weight is 394 g/mol. The van der Waals surface area contributed by atoms with Crippen molar-refractivity contribution in [3.05, 3.63) is 82.4 Å². The van der Waals surface area contributed by atoms with Gasteiger partial charge in [0, 0.05) is 16.7 Å². The Morgan fingerprint density at radius 2 is 1.37 bits per heavy atom. The van der Waals surface area contributed by atoms with Gasteiger partial charge in [-0.1, -0.05) is 42.5 Å². The van der Waals surface area contributed by atoms with E-state index in [1.807, 2.05) is 12.2 Å². The number of allylic oxidation sites excluding steroid dienone is 4. The molecule has 0 radical (unpaired) electrons. The molecular weight excluding hydrogens is 380 g/mol. The van der Waals surface area contributed by atoms with Crippen molar-refractivity contribution in [3.8, 4) is 28.8 Å². The molecule has 0 amide bonds. The zero-order valence-corrected chi connectivity index (χ0v) is 15.6. The summed E-state index contributed by atoms with van der Waals surface area (Å²) in [6.07, 6.45) is 6.12. The van der Waals surface area contributed by atoms with Gasteiger partial charge in [-0.3, -0.25) is 0 Å². The summed E-state index contributed by atoms with van der Waals surface area (Å²) in [6, 6.07) is 15.6. The Balaban J connectivity index is 1.96. The molecule has 4 rings (SSSR count). The van der Waals surface area contributed by atoms with Crippen LogP contribution >= 0.6 is 0 Å². The standard InChI is InChI=1S/C22H14N6O2/c23-13-14-6-5-7-15(12-14)20-24-21(16-8-1-3-10-18(16)27-29)26-22(25-20)17-9-2-4-11-19(17)28-30/h1-5,7-12,14H,6H2. The summed E-state index contributed by atoms with van der Waals surface area (Å²) in [7, 11) is 0. The van der Waals surface area contributed by atoms with Gasteiger partial charge in [-0.05, 0) is 41.0 Å². The highest BCUT2D eigenvalue weighted by molar-refractivity contribution is 5.78. The Morgan fingerprint density at radius 3 is 1.90 bits per heavy atom. The lowest BCUT2D eigenvalue weighted by Gasteiger charge is -2.13. The highest BCUT2D eigenvalue weighted by Gasteiger charge is 2.19. The van der Waals surface area contributed by atoms with Gasteiger partial charge in [-0.25, -0.2) is 15.0 Å². The van der Waals surface area contributed by atoms with Crippen molar-refractivity contribution in [2.45, 2.75) is 6.42 Å². The van der Waals surface area contributed by atoms with E-state index in [4.69, 9.17) is 0 Å². The zero-order chi connectivity index (χ0) is 20.9. The molecule has 30 heavy (non-hydrogen) atoms. The molecule has 0 saturated carbocycles. The van der Waals surface area contributed by atoms with Gasteiger partial charge in [0.15, 0.2) is 17.5 Å². The molecule has 8 nitrogen and oxygen atoms in total. The molecule has 0 saturated heterocycles. The minimum absolute atomic E-state index is 0.186. The Morgan fingerprint density at radius 1 is 0.833 bits per heavy atom. The van der Waals surface area contributed by atoms with Gasteiger partial charge in [-0.2, -0.15) is 5.26 Å². The van der Waals surface area contributed by atoms with Crippen LogP contribution in [0.3, 0.4) is 0 Å². The molecule has 1 atom stereocenters. The van der Waals surface area contributed by atoms with Crippen molar-refractivity contribution in [3.63, 3.8) is 0 Å². The first-order valence-electron chi connectivity index (χ1n) is 9.13. The van der Waals surface area contributed by atoms with E-state index in [2.05, 4.69) is 31.4 Å². The lowest BCUT2D eigenvalue weighted by molar-refractivity contribution is 0.838. The summed E-state index contributed by atoms with van der Waals surface area (Å²) in [6.45, 7) is 0. The Bertz CT molecular complexity index is 1170. The van der Waals surface area contributed by atoms with E-state index in [1.165, 1.54) is 0 Å². The van der Waals surface area contributed by atoms with Crippen molar-refractivity contribution in [2.75, 3.05) is 0 Å². The molecule has 1 aliphatic carbocycles. The normalized spacial score (nSPS) is 15.2. The van der Waals surface area contributed by atoms with E-state index < -0.39 is 0 Å². The quantitative estimate of drug-likeness (QED) is 0.528. The van der Waals surface area contributed by atoms with Gasteiger partial charge in [0.1, 0.15) is 11.4 Å². The number of benzene rings is 2. The summed E-state index contributed by atoms with van der Waals surface area (Å²) < 4.78 is 0. The van der Waals surface area contributed by atoms with E-state index in [9.17, 15) is 15.1 Å². The molecule has 144 valence electrons. The molecule has 1 aliphatic rings. The second-order valence-electron chi connectivity index (χ2n) is 6.52. The first-order valence-corrected chi connectivity index (χ1v) is 9.13. The lowest BCUT2D eigenvalue weighted by Crippen LogP contribution is -2.05. The second-order valence-corrected chi connectivity index (χ2v) is 6.52. The number of rotatable bonds is 5. The van der Waals surface area contributed by atoms with Crippen LogP contribution in [-0.4, -0.2) is 15.0 Å². The molecule has 0 spiro atoms. The molecule has 3 aromatic rings. The molecule has 1 unspecified atom stereocenters. The molecule has 0 fully saturated rings. The van der Waals surface area contributed by atoms with E-state index >= 15 is 0 Å². The first kappa shape index (κ1) is 19.0. The number of nitriles is 1. The van der Waals surface area contributed by atoms with Gasteiger partial charge in [0.2, 0.25) is 0 Å². The number of nitrogens with zero attached hydrogens (tertiary/aromatic N) is 6. The van der Waals surface area contributed by atoms with Gasteiger partial charge in [0.25, 0.3) is 0 Å². The number of aromatic nitrogens is 3. The predicted molar refractivity (Wildman–Crippen MR) is 112 cm³/mol. The van der Waals surface area contributed by atoms with Crippen LogP contribution in [0.15, 0.2) is 77.1 Å². The maximum Gasteiger partial charge on any atom is 0.166 e. The van der Waals surface area contributed by atoms with Crippen LogP contribution in [0.5, 0.6) is 0 Å². The summed E-state index contributed by atoms with van der Waals surface area (Å²) in [5.41, 5.74) is 1.90. The van der Waals surface area contributed by atoms with Crippen LogP contribution in [-0.2, 0) is 0 Å². The fourth-order valence-corrected chi connectivity index (χ4v) is 3.15. The molecule has 1 heterocycles. The van der Waals surface area contributed by atoms with Crippen molar-refractivity contribution >= 4 is 16.9 Å². The third kappa shape index (κ3) is 3.64. The molecular formula is C22H14N6O2. The summed E-state index contributed by atoms with van der Waals surface area (Å²) in [5.74, 6) is 0.507. The van der Waals surface area contributed by atoms with Crippen molar-refractivity contribution in [1.82, 2.24) is 15.0 Å². The van der Waals surface area contributed by atoms with E-state index in [0.717, 1.165) is 0 Å². The average Bonchev–Trinajstić information content (AvgIpc) is 2.83. The molecule has 1 aromatic heterocycles. The maximum atomic E-state index is 11.3. The van der Waals surface area contributed by atoms with E-state index in [-0.39, 0.29) is 28.9 Å². The van der Waals surface area contributed by atoms with Crippen molar-refractivity contribution < 1.29 is 0 Å². The zero-order valence-electron chi connectivity index (χ0n) is 15.6. The predicted octanol–water partition coefficient (Wildman–Crippen LogP) is 5.48. The first-order chi connectivity index (χ1) is 14.7. The van der Waals surface area contributed by atoms with Gasteiger partial charge in [-0.15, -0.1) is 9.81 Å². The summed E-state index contributed by atoms with van der Waals surface area (Å²) in [4.78, 5) is 36.1. The van der Waals surface area contributed by atoms with Crippen LogP contribution in [0.4, 0.5) is 11.4 Å². The van der Waals surface area contributed by atoms with Crippen LogP contribution in [0.2, 0.25) is 0 Å². The monoisotopic (exact) mass is 394 g/mol. The fourth-order valence-electron chi connectivity index (χ4n) is 3.15. The third-order valence-corrected chi connectivity index (χ3v) is 4.61. The largest absolute Gasteiger partial charge is 0.208 e. The van der Waals surface area contributed by atoms with E-state index in [0.29, 0.717) is 28.9 Å². The maximum absolute atomic E-state index is 11.3. The van der Waals surface area contributed by atoms with E-state index in [1.54, 1.807) is 54.6 Å². The molecule has 0 aliphatic heterocycles. The van der Waals surface area contributed by atoms with Crippen LogP contribution in [0, 0.1) is 27.1 Å². The number of hydrogen-bond acceptors (Lipinski definition) is 8. The van der Waals surface area contributed by atoms with Gasteiger partial charge < -0.3 is 0 Å². The molecule has 8 heteroatoms. The molecule has 0 bridgehead atoms. The second kappa shape index (κ2) is 8.32. The highest BCUT2D eigenvalue weighted by Crippen LogP contribution is 2.33. The fraction of sp³-hybridized carbons (Fsp3) is 0.0909. The Hall–Kier alpha value is -4.38. The minimum atomic E-state index is -0.290. The van der Waals surface area contributed by atoms with Crippen molar-refractivity contribution in [2.24, 2.45) is 16.3 Å². The van der Waals surface area contributed by atoms with Gasteiger partial charge in [0.05, 0.1) is 12.0 Å². The third-order valence-electron chi connectivity index (χ3n) is 4.61. The van der Waals surface area contributed by atoms with Crippen molar-refractivity contribution in [1.29, 1.82) is 5.26 Å². The Labute approximate surface area is 171 Å². The molecule has 2 aromatic carbocycles. The smallest absolute Gasteiger partial charge is 0.166 e. The SMILES string of the molecule is N#CC1C=C(c2nc(-c3ccccc3N=O)nc(-c3ccccc3N=O)n2)C=CC1. The minimum Gasteiger partial charge on any atom is -0.208 e. The van der Waals surface area contributed by atoms with Crippen LogP contribution in [0.25, 0.3) is 28.3 Å². The van der Waals surface area contributed by atoms with Gasteiger partial charge >= 0.3 is 0 Å². The molecule has 0 N–H and O–H groups in total. The lowest BCUT2D eigenvalue weighted by atomic mass is 9.97. The Kier molecular flexibility index (Phi) is 5.26. The summed E-state index contributed by atoms with van der Waals surface area (Å²) in [5, 5.41) is 15.4.